The number of nitrogens with one attached hydrogen (secondary N) is 2. The molecule has 1 aliphatic rings. The minimum absolute atomic E-state index is 0. The summed E-state index contributed by atoms with van der Waals surface area (Å²) in [6, 6.07) is 10.7. The van der Waals surface area contributed by atoms with Crippen LogP contribution < -0.4 is 10.6 Å². The number of para-hydroxylation sites is 1. The molecule has 2 N–H and O–H groups in total. The van der Waals surface area contributed by atoms with Crippen molar-refractivity contribution in [1.82, 2.24) is 25.3 Å². The van der Waals surface area contributed by atoms with E-state index in [0.717, 1.165) is 29.1 Å². The van der Waals surface area contributed by atoms with Gasteiger partial charge in [-0.3, -0.25) is 4.79 Å². The zero-order valence-corrected chi connectivity index (χ0v) is 22.2. The monoisotopic (exact) mass is 552 g/mol. The molecule has 0 spiro atoms. The average molecular weight is 553 g/mol. The van der Waals surface area contributed by atoms with Crippen LogP contribution in [0, 0.1) is 19.8 Å². The molecule has 1 aromatic carbocycles. The number of amides is 1. The van der Waals surface area contributed by atoms with E-state index in [1.165, 1.54) is 19.3 Å². The fraction of sp³-hybridized carbons (Fsp3) is 0.542. The fourth-order valence-electron chi connectivity index (χ4n) is 4.06. The van der Waals surface area contributed by atoms with Gasteiger partial charge in [-0.15, -0.1) is 24.0 Å². The van der Waals surface area contributed by atoms with E-state index in [1.54, 1.807) is 19.0 Å². The van der Waals surface area contributed by atoms with Crippen molar-refractivity contribution in [2.45, 2.75) is 59.0 Å². The van der Waals surface area contributed by atoms with Crippen LogP contribution in [0.15, 0.2) is 35.3 Å². The van der Waals surface area contributed by atoms with Crippen LogP contribution in [0.5, 0.6) is 0 Å². The highest BCUT2D eigenvalue weighted by molar-refractivity contribution is 14.0. The highest BCUT2D eigenvalue weighted by atomic mass is 127. The lowest BCUT2D eigenvalue weighted by molar-refractivity contribution is -0.127. The zero-order valence-electron chi connectivity index (χ0n) is 19.9. The number of hydrogen-bond acceptors (Lipinski definition) is 3. The molecule has 1 aromatic heterocycles. The van der Waals surface area contributed by atoms with E-state index in [0.29, 0.717) is 24.5 Å². The number of likely N-dealkylation sites (N-methyl/N-ethyl adjacent to an activating group) is 1. The van der Waals surface area contributed by atoms with Crippen LogP contribution in [-0.4, -0.2) is 53.2 Å². The number of carbonyl (C=O) groups is 1. The minimum Gasteiger partial charge on any atom is -0.353 e. The summed E-state index contributed by atoms with van der Waals surface area (Å²) in [5, 5.41) is 11.5. The summed E-state index contributed by atoms with van der Waals surface area (Å²) in [5.41, 5.74) is 4.21. The Morgan fingerprint density at radius 2 is 1.94 bits per heavy atom. The predicted molar refractivity (Wildman–Crippen MR) is 141 cm³/mol. The van der Waals surface area contributed by atoms with Crippen LogP contribution >= 0.6 is 24.0 Å². The number of halogens is 1. The van der Waals surface area contributed by atoms with Gasteiger partial charge in [-0.25, -0.2) is 9.67 Å². The molecule has 1 saturated carbocycles. The Bertz CT molecular complexity index is 923. The zero-order chi connectivity index (χ0) is 22.4. The van der Waals surface area contributed by atoms with Crippen LogP contribution in [0.3, 0.4) is 0 Å². The molecule has 2 atom stereocenters. The smallest absolute Gasteiger partial charge is 0.241 e. The molecule has 2 unspecified atom stereocenters. The lowest BCUT2D eigenvalue weighted by atomic mass is 9.86. The van der Waals surface area contributed by atoms with Gasteiger partial charge in [0, 0.05) is 25.8 Å². The van der Waals surface area contributed by atoms with Crippen molar-refractivity contribution in [2.24, 2.45) is 10.9 Å². The van der Waals surface area contributed by atoms with Gasteiger partial charge in [0.1, 0.15) is 0 Å². The van der Waals surface area contributed by atoms with Gasteiger partial charge in [-0.2, -0.15) is 5.10 Å². The molecule has 1 fully saturated rings. The van der Waals surface area contributed by atoms with Gasteiger partial charge in [0.2, 0.25) is 5.91 Å². The van der Waals surface area contributed by atoms with Crippen LogP contribution in [0.4, 0.5) is 0 Å². The summed E-state index contributed by atoms with van der Waals surface area (Å²) in [7, 11) is 3.53. The third-order valence-corrected chi connectivity index (χ3v) is 5.98. The topological polar surface area (TPSA) is 74.6 Å². The number of aliphatic imine (C=N–C) groups is 1. The maximum absolute atomic E-state index is 12.1. The Morgan fingerprint density at radius 3 is 2.59 bits per heavy atom. The van der Waals surface area contributed by atoms with Gasteiger partial charge in [0.05, 0.1) is 24.5 Å². The van der Waals surface area contributed by atoms with E-state index in [1.807, 2.05) is 23.7 Å². The molecule has 0 bridgehead atoms. The second-order valence-corrected chi connectivity index (χ2v) is 8.79. The van der Waals surface area contributed by atoms with E-state index in [-0.39, 0.29) is 36.4 Å². The molecule has 32 heavy (non-hydrogen) atoms. The lowest BCUT2D eigenvalue weighted by Gasteiger charge is -2.31. The molecule has 0 saturated heterocycles. The fourth-order valence-corrected chi connectivity index (χ4v) is 4.06. The first-order valence-electron chi connectivity index (χ1n) is 11.2. The normalized spacial score (nSPS) is 18.6. The Kier molecular flexibility index (Phi) is 9.99. The van der Waals surface area contributed by atoms with Crippen molar-refractivity contribution in [2.75, 3.05) is 20.6 Å². The summed E-state index contributed by atoms with van der Waals surface area (Å²) >= 11 is 0. The standard InChI is InChI=1S/C24H36N6O.HI/c1-17-10-6-8-12-21(17)27-24(26-16-23(31)29(4)5)25-15-20-11-7-9-13-22(20)30-19(3)14-18(2)28-30;/h7,9,11,13-14,17,21H,6,8,10,12,15-16H2,1-5H3,(H2,25,26,27);1H. The van der Waals surface area contributed by atoms with Crippen molar-refractivity contribution in [3.05, 3.63) is 47.3 Å². The van der Waals surface area contributed by atoms with Crippen LogP contribution in [0.1, 0.15) is 49.6 Å². The van der Waals surface area contributed by atoms with Crippen molar-refractivity contribution >= 4 is 35.8 Å². The number of guanidine groups is 1. The summed E-state index contributed by atoms with van der Waals surface area (Å²) in [6.45, 7) is 7.08. The number of nitrogens with zero attached hydrogens (tertiary/aromatic N) is 4. The quantitative estimate of drug-likeness (QED) is 0.325. The lowest BCUT2D eigenvalue weighted by Crippen LogP contribution is -2.49. The first-order valence-corrected chi connectivity index (χ1v) is 11.2. The van der Waals surface area contributed by atoms with Crippen molar-refractivity contribution in [3.63, 3.8) is 0 Å². The molecular weight excluding hydrogens is 515 g/mol. The van der Waals surface area contributed by atoms with Crippen LogP contribution in [0.25, 0.3) is 5.69 Å². The maximum Gasteiger partial charge on any atom is 0.241 e. The summed E-state index contributed by atoms with van der Waals surface area (Å²) < 4.78 is 1.97. The molecule has 7 nitrogen and oxygen atoms in total. The summed E-state index contributed by atoms with van der Waals surface area (Å²) in [5.74, 6) is 1.30. The van der Waals surface area contributed by atoms with Gasteiger partial charge in [0.25, 0.3) is 0 Å². The highest BCUT2D eigenvalue weighted by Gasteiger charge is 2.22. The Labute approximate surface area is 209 Å². The predicted octanol–water partition coefficient (Wildman–Crippen LogP) is 3.81. The molecule has 0 radical (unpaired) electrons. The number of carbonyl (C=O) groups excluding carboxylic acids is 1. The molecule has 176 valence electrons. The van der Waals surface area contributed by atoms with Crippen molar-refractivity contribution in [3.8, 4) is 5.69 Å². The first kappa shape index (κ1) is 26.2. The number of rotatable bonds is 6. The van der Waals surface area contributed by atoms with E-state index in [4.69, 9.17) is 4.99 Å². The third-order valence-electron chi connectivity index (χ3n) is 5.98. The molecule has 3 rings (SSSR count). The second-order valence-electron chi connectivity index (χ2n) is 8.79. The summed E-state index contributed by atoms with van der Waals surface area (Å²) in [4.78, 5) is 18.6. The number of aromatic nitrogens is 2. The SMILES string of the molecule is Cc1cc(C)n(-c2ccccc2CN=C(NCC(=O)N(C)C)NC2CCCCC2C)n1.I. The van der Waals surface area contributed by atoms with Gasteiger partial charge in [-0.05, 0) is 50.3 Å². The summed E-state index contributed by atoms with van der Waals surface area (Å²) in [6.07, 6.45) is 4.87. The Hall–Kier alpha value is -2.10. The van der Waals surface area contributed by atoms with Crippen LogP contribution in [0.2, 0.25) is 0 Å². The second kappa shape index (κ2) is 12.2. The molecule has 1 amide bonds. The van der Waals surface area contributed by atoms with E-state index in [9.17, 15) is 4.79 Å². The number of benzene rings is 1. The Balaban J connectivity index is 0.00000363. The number of aryl methyl sites for hydroxylation is 2. The first-order chi connectivity index (χ1) is 14.8. The van der Waals surface area contributed by atoms with Gasteiger partial charge < -0.3 is 15.5 Å². The molecular formula is C24H37IN6O. The van der Waals surface area contributed by atoms with Gasteiger partial charge in [0.15, 0.2) is 5.96 Å². The van der Waals surface area contributed by atoms with Crippen molar-refractivity contribution < 1.29 is 4.79 Å². The Morgan fingerprint density at radius 1 is 1.22 bits per heavy atom. The average Bonchev–Trinajstić information content (AvgIpc) is 3.09. The van der Waals surface area contributed by atoms with Gasteiger partial charge >= 0.3 is 0 Å². The largest absolute Gasteiger partial charge is 0.353 e. The van der Waals surface area contributed by atoms with Crippen LogP contribution in [-0.2, 0) is 11.3 Å². The molecule has 0 aliphatic heterocycles. The van der Waals surface area contributed by atoms with E-state index in [2.05, 4.69) is 47.8 Å². The number of hydrogen-bond donors (Lipinski definition) is 2. The van der Waals surface area contributed by atoms with E-state index >= 15 is 0 Å². The molecule has 1 heterocycles. The third kappa shape index (κ3) is 6.95. The maximum atomic E-state index is 12.1. The van der Waals surface area contributed by atoms with E-state index < -0.39 is 0 Å². The van der Waals surface area contributed by atoms with Crippen molar-refractivity contribution in [1.29, 1.82) is 0 Å². The molecule has 1 aliphatic carbocycles. The molecule has 8 heteroatoms. The highest BCUT2D eigenvalue weighted by Crippen LogP contribution is 2.24. The van der Waals surface area contributed by atoms with Gasteiger partial charge in [-0.1, -0.05) is 38.0 Å². The molecule has 2 aromatic rings. The minimum atomic E-state index is 0.